The first-order valence-corrected chi connectivity index (χ1v) is 8.37. The van der Waals surface area contributed by atoms with Crippen molar-refractivity contribution in [2.75, 3.05) is 13.1 Å². The van der Waals surface area contributed by atoms with E-state index in [0.29, 0.717) is 12.6 Å². The number of halogens is 1. The zero-order valence-corrected chi connectivity index (χ0v) is 12.8. The second-order valence-corrected chi connectivity index (χ2v) is 7.86. The summed E-state index contributed by atoms with van der Waals surface area (Å²) in [6, 6.07) is 4.59. The van der Waals surface area contributed by atoms with Crippen LogP contribution in [-0.4, -0.2) is 29.8 Å². The highest BCUT2D eigenvalue weighted by Gasteiger charge is 2.36. The normalized spacial score (nSPS) is 28.3. The molecule has 0 aromatic carbocycles. The summed E-state index contributed by atoms with van der Waals surface area (Å²) >= 11 is 4.97. The van der Waals surface area contributed by atoms with Gasteiger partial charge in [0.1, 0.15) is 0 Å². The van der Waals surface area contributed by atoms with E-state index in [1.807, 2.05) is 12.1 Å². The van der Waals surface area contributed by atoms with Crippen LogP contribution in [-0.2, 0) is 0 Å². The molecule has 18 heavy (non-hydrogen) atoms. The molecule has 0 N–H and O–H groups in total. The fourth-order valence-corrected chi connectivity index (χ4v) is 4.74. The molecule has 0 bridgehead atoms. The third kappa shape index (κ3) is 2.56. The molecule has 2 atom stereocenters. The van der Waals surface area contributed by atoms with E-state index < -0.39 is 0 Å². The fraction of sp³-hybridized carbons (Fsp3) is 0.643. The Kier molecular flexibility index (Phi) is 3.87. The van der Waals surface area contributed by atoms with Gasteiger partial charge in [-0.2, -0.15) is 0 Å². The number of ketones is 1. The van der Waals surface area contributed by atoms with Crippen LogP contribution in [0.25, 0.3) is 0 Å². The number of hydrogen-bond donors (Lipinski definition) is 0. The molecule has 1 aromatic heterocycles. The van der Waals surface area contributed by atoms with Crippen molar-refractivity contribution in [2.45, 2.75) is 38.1 Å². The number of likely N-dealkylation sites (tertiary alicyclic amines) is 1. The Hall–Kier alpha value is -0.190. The van der Waals surface area contributed by atoms with Crippen LogP contribution in [0.1, 0.15) is 41.8 Å². The van der Waals surface area contributed by atoms with E-state index in [1.54, 1.807) is 11.3 Å². The van der Waals surface area contributed by atoms with E-state index in [1.165, 1.54) is 32.1 Å². The van der Waals surface area contributed by atoms with E-state index in [2.05, 4.69) is 20.8 Å². The number of nitrogens with zero attached hydrogens (tertiary/aromatic N) is 1. The first-order chi connectivity index (χ1) is 8.74. The van der Waals surface area contributed by atoms with Gasteiger partial charge in [-0.3, -0.25) is 9.69 Å². The van der Waals surface area contributed by atoms with Crippen LogP contribution in [0.15, 0.2) is 15.9 Å². The molecule has 2 heterocycles. The van der Waals surface area contributed by atoms with Crippen molar-refractivity contribution < 1.29 is 4.79 Å². The topological polar surface area (TPSA) is 20.3 Å². The van der Waals surface area contributed by atoms with Gasteiger partial charge in [0.05, 0.1) is 15.2 Å². The monoisotopic (exact) mass is 327 g/mol. The van der Waals surface area contributed by atoms with Crippen molar-refractivity contribution >= 4 is 33.0 Å². The highest BCUT2D eigenvalue weighted by Crippen LogP contribution is 2.36. The number of Topliss-reactive ketones (excluding diaryl/α,β-unsaturated/α-hetero) is 1. The maximum Gasteiger partial charge on any atom is 0.186 e. The zero-order valence-electron chi connectivity index (χ0n) is 10.4. The van der Waals surface area contributed by atoms with Gasteiger partial charge in [-0.1, -0.05) is 12.8 Å². The highest BCUT2D eigenvalue weighted by atomic mass is 79.9. The molecule has 1 aliphatic heterocycles. The SMILES string of the molecule is O=C(CN1CCC2CCCCC21)c1ccc(Br)s1. The summed E-state index contributed by atoms with van der Waals surface area (Å²) in [4.78, 5) is 15.6. The third-order valence-corrected chi connectivity index (χ3v) is 5.98. The van der Waals surface area contributed by atoms with Crippen LogP contribution in [0.4, 0.5) is 0 Å². The molecular formula is C14H18BrNOS. The van der Waals surface area contributed by atoms with E-state index in [0.717, 1.165) is 21.1 Å². The van der Waals surface area contributed by atoms with Gasteiger partial charge in [-0.05, 0) is 59.8 Å². The zero-order chi connectivity index (χ0) is 12.5. The van der Waals surface area contributed by atoms with Gasteiger partial charge >= 0.3 is 0 Å². The van der Waals surface area contributed by atoms with Crippen molar-refractivity contribution in [1.82, 2.24) is 4.90 Å². The van der Waals surface area contributed by atoms with Crippen LogP contribution >= 0.6 is 27.3 Å². The summed E-state index contributed by atoms with van der Waals surface area (Å²) in [5.74, 6) is 1.15. The number of carbonyl (C=O) groups excluding carboxylic acids is 1. The smallest absolute Gasteiger partial charge is 0.186 e. The van der Waals surface area contributed by atoms with Crippen LogP contribution in [0.3, 0.4) is 0 Å². The second kappa shape index (κ2) is 5.43. The molecule has 2 nitrogen and oxygen atoms in total. The average molecular weight is 328 g/mol. The maximum absolute atomic E-state index is 12.2. The lowest BCUT2D eigenvalue weighted by Crippen LogP contribution is -2.38. The number of hydrogen-bond acceptors (Lipinski definition) is 3. The van der Waals surface area contributed by atoms with Gasteiger partial charge in [0.15, 0.2) is 5.78 Å². The Balaban J connectivity index is 1.64. The van der Waals surface area contributed by atoms with Crippen molar-refractivity contribution in [3.63, 3.8) is 0 Å². The molecule has 1 aliphatic carbocycles. The standard InChI is InChI=1S/C14H18BrNOS/c15-14-6-5-13(18-14)12(17)9-16-8-7-10-3-1-2-4-11(10)16/h5-6,10-11H,1-4,7-9H2. The molecule has 3 rings (SSSR count). The summed E-state index contributed by atoms with van der Waals surface area (Å²) in [5.41, 5.74) is 0. The van der Waals surface area contributed by atoms with Gasteiger partial charge in [0.2, 0.25) is 0 Å². The predicted molar refractivity (Wildman–Crippen MR) is 78.3 cm³/mol. The lowest BCUT2D eigenvalue weighted by Gasteiger charge is -2.31. The van der Waals surface area contributed by atoms with Crippen LogP contribution in [0.2, 0.25) is 0 Å². The molecule has 98 valence electrons. The highest BCUT2D eigenvalue weighted by molar-refractivity contribution is 9.11. The Morgan fingerprint density at radius 3 is 2.94 bits per heavy atom. The van der Waals surface area contributed by atoms with Gasteiger partial charge < -0.3 is 0 Å². The number of thiophene rings is 1. The third-order valence-electron chi connectivity index (χ3n) is 4.32. The van der Waals surface area contributed by atoms with Crippen molar-refractivity contribution in [3.8, 4) is 0 Å². The molecule has 2 aliphatic rings. The van der Waals surface area contributed by atoms with E-state index in [-0.39, 0.29) is 5.78 Å². The maximum atomic E-state index is 12.2. The van der Waals surface area contributed by atoms with Gasteiger partial charge in [-0.25, -0.2) is 0 Å². The van der Waals surface area contributed by atoms with Gasteiger partial charge in [0.25, 0.3) is 0 Å². The molecule has 1 aromatic rings. The minimum absolute atomic E-state index is 0.289. The van der Waals surface area contributed by atoms with Gasteiger partial charge in [0, 0.05) is 6.04 Å². The first-order valence-electron chi connectivity index (χ1n) is 6.76. The number of carbonyl (C=O) groups is 1. The Labute approximate surface area is 120 Å². The molecule has 0 spiro atoms. The quantitative estimate of drug-likeness (QED) is 0.783. The summed E-state index contributed by atoms with van der Waals surface area (Å²) < 4.78 is 1.04. The fourth-order valence-electron chi connectivity index (χ4n) is 3.43. The summed E-state index contributed by atoms with van der Waals surface area (Å²) in [5, 5.41) is 0. The minimum atomic E-state index is 0.289. The van der Waals surface area contributed by atoms with Crippen molar-refractivity contribution in [1.29, 1.82) is 0 Å². The predicted octanol–water partition coefficient (Wildman–Crippen LogP) is 3.96. The summed E-state index contributed by atoms with van der Waals surface area (Å²) in [6.07, 6.45) is 6.70. The van der Waals surface area contributed by atoms with Crippen LogP contribution in [0.5, 0.6) is 0 Å². The Bertz CT molecular complexity index is 445. The van der Waals surface area contributed by atoms with E-state index in [9.17, 15) is 4.79 Å². The largest absolute Gasteiger partial charge is 0.293 e. The minimum Gasteiger partial charge on any atom is -0.293 e. The van der Waals surface area contributed by atoms with Crippen LogP contribution in [0, 0.1) is 5.92 Å². The van der Waals surface area contributed by atoms with Crippen LogP contribution < -0.4 is 0 Å². The Morgan fingerprint density at radius 2 is 2.17 bits per heavy atom. The molecule has 2 unspecified atom stereocenters. The number of rotatable bonds is 3. The molecule has 0 radical (unpaired) electrons. The molecule has 0 amide bonds. The van der Waals surface area contributed by atoms with E-state index >= 15 is 0 Å². The molecular weight excluding hydrogens is 310 g/mol. The summed E-state index contributed by atoms with van der Waals surface area (Å²) in [6.45, 7) is 1.74. The van der Waals surface area contributed by atoms with E-state index in [4.69, 9.17) is 0 Å². The average Bonchev–Trinajstić information content (AvgIpc) is 2.97. The van der Waals surface area contributed by atoms with Gasteiger partial charge in [-0.15, -0.1) is 11.3 Å². The van der Waals surface area contributed by atoms with Crippen molar-refractivity contribution in [2.24, 2.45) is 5.92 Å². The lowest BCUT2D eigenvalue weighted by atomic mass is 9.85. The Morgan fingerprint density at radius 1 is 1.33 bits per heavy atom. The van der Waals surface area contributed by atoms with Crippen molar-refractivity contribution in [3.05, 3.63) is 20.8 Å². The summed E-state index contributed by atoms with van der Waals surface area (Å²) in [7, 11) is 0. The molecule has 1 saturated carbocycles. The molecule has 1 saturated heterocycles. The second-order valence-electron chi connectivity index (χ2n) is 5.40. The lowest BCUT2D eigenvalue weighted by molar-refractivity contribution is 0.0900. The molecule has 2 fully saturated rings. The number of fused-ring (bicyclic) bond motifs is 1. The molecule has 4 heteroatoms. The first kappa shape index (κ1) is 12.8.